The van der Waals surface area contributed by atoms with Crippen LogP contribution < -0.4 is 20.1 Å². The molecule has 3 aliphatic heterocycles. The largest absolute Gasteiger partial charge is 0.496 e. The molecule has 2 aromatic rings. The van der Waals surface area contributed by atoms with E-state index in [-0.39, 0.29) is 35.9 Å². The summed E-state index contributed by atoms with van der Waals surface area (Å²) >= 11 is 0. The Labute approximate surface area is 200 Å². The van der Waals surface area contributed by atoms with Crippen LogP contribution in [-0.4, -0.2) is 50.1 Å². The molecular formula is C27H33N3O4. The van der Waals surface area contributed by atoms with Crippen molar-refractivity contribution in [2.24, 2.45) is 5.92 Å². The van der Waals surface area contributed by atoms with Gasteiger partial charge in [0.1, 0.15) is 11.5 Å². The van der Waals surface area contributed by atoms with E-state index in [1.807, 2.05) is 42.2 Å². The quantitative estimate of drug-likeness (QED) is 0.711. The highest BCUT2D eigenvalue weighted by molar-refractivity contribution is 5.98. The number of nitrogens with zero attached hydrogens (tertiary/aromatic N) is 1. The lowest BCUT2D eigenvalue weighted by Crippen LogP contribution is -2.57. The van der Waals surface area contributed by atoms with Gasteiger partial charge in [-0.2, -0.15) is 0 Å². The Balaban J connectivity index is 1.54. The number of methoxy groups -OCH3 is 2. The number of rotatable bonds is 5. The van der Waals surface area contributed by atoms with Crippen LogP contribution in [0.4, 0.5) is 0 Å². The summed E-state index contributed by atoms with van der Waals surface area (Å²) in [5.41, 5.74) is 3.42. The first kappa shape index (κ1) is 22.7. The first-order chi connectivity index (χ1) is 16.5. The maximum atomic E-state index is 13.5. The third kappa shape index (κ3) is 3.82. The fraction of sp³-hybridized carbons (Fsp3) is 0.481. The summed E-state index contributed by atoms with van der Waals surface area (Å²) in [4.78, 5) is 28.9. The van der Waals surface area contributed by atoms with Crippen molar-refractivity contribution in [3.63, 3.8) is 0 Å². The monoisotopic (exact) mass is 463 g/mol. The van der Waals surface area contributed by atoms with E-state index in [0.717, 1.165) is 42.5 Å². The van der Waals surface area contributed by atoms with Crippen molar-refractivity contribution < 1.29 is 19.1 Å². The minimum Gasteiger partial charge on any atom is -0.496 e. The van der Waals surface area contributed by atoms with Gasteiger partial charge in [-0.25, -0.2) is 0 Å². The first-order valence-corrected chi connectivity index (χ1v) is 12.2. The van der Waals surface area contributed by atoms with E-state index >= 15 is 0 Å². The summed E-state index contributed by atoms with van der Waals surface area (Å²) in [7, 11) is 3.23. The van der Waals surface area contributed by atoms with Gasteiger partial charge in [-0.05, 0) is 50.8 Å². The normalized spacial score (nSPS) is 24.4. The maximum Gasteiger partial charge on any atom is 0.255 e. The van der Waals surface area contributed by atoms with E-state index < -0.39 is 0 Å². The molecule has 0 aliphatic carbocycles. The number of piperidine rings is 2. The smallest absolute Gasteiger partial charge is 0.255 e. The molecule has 2 amide bonds. The van der Waals surface area contributed by atoms with Gasteiger partial charge in [0.2, 0.25) is 5.91 Å². The maximum absolute atomic E-state index is 13.5. The van der Waals surface area contributed by atoms with Gasteiger partial charge >= 0.3 is 0 Å². The van der Waals surface area contributed by atoms with E-state index in [0.29, 0.717) is 30.0 Å². The van der Waals surface area contributed by atoms with Gasteiger partial charge in [0.25, 0.3) is 5.91 Å². The molecule has 2 N–H and O–H groups in total. The predicted octanol–water partition coefficient (Wildman–Crippen LogP) is 3.39. The van der Waals surface area contributed by atoms with Crippen LogP contribution in [0.5, 0.6) is 11.5 Å². The van der Waals surface area contributed by atoms with Gasteiger partial charge in [-0.3, -0.25) is 9.59 Å². The van der Waals surface area contributed by atoms with E-state index in [1.54, 1.807) is 20.3 Å². The highest BCUT2D eigenvalue weighted by atomic mass is 16.5. The SMILES string of the molecule is COc1cc(C(=O)N[C@H](C)c2ccccc2)c(OC)c2c1CCN1C(=O)[C@@H]3CCCN[C@@H]3C[C@@H]21. The standard InChI is InChI=1S/C27H33N3O4/c1-16(17-8-5-4-6-9-17)29-26(31)20-14-23(33-2)19-11-13-30-22(24(19)25(20)34-3)15-21-18(27(30)32)10-7-12-28-21/h4-6,8-9,14,16,18,21-22,28H,7,10-13,15H2,1-3H3,(H,29,31)/t16-,18-,21-,22+/m1/s1. The topological polar surface area (TPSA) is 79.9 Å². The molecule has 0 unspecified atom stereocenters. The summed E-state index contributed by atoms with van der Waals surface area (Å²) in [6, 6.07) is 11.5. The summed E-state index contributed by atoms with van der Waals surface area (Å²) in [6.07, 6.45) is 3.47. The number of nitrogens with one attached hydrogen (secondary N) is 2. The molecule has 0 spiro atoms. The van der Waals surface area contributed by atoms with Crippen molar-refractivity contribution >= 4 is 11.8 Å². The number of hydrogen-bond acceptors (Lipinski definition) is 5. The second-order valence-electron chi connectivity index (χ2n) is 9.50. The minimum atomic E-state index is -0.220. The van der Waals surface area contributed by atoms with E-state index in [4.69, 9.17) is 9.47 Å². The fourth-order valence-electron chi connectivity index (χ4n) is 5.98. The molecule has 34 heavy (non-hydrogen) atoms. The summed E-state index contributed by atoms with van der Waals surface area (Å²) in [6.45, 7) is 3.57. The number of hydrogen-bond donors (Lipinski definition) is 2. The van der Waals surface area contributed by atoms with Crippen LogP contribution in [0.15, 0.2) is 36.4 Å². The second kappa shape index (κ2) is 9.29. The van der Waals surface area contributed by atoms with Crippen molar-refractivity contribution in [1.29, 1.82) is 0 Å². The molecule has 0 saturated carbocycles. The van der Waals surface area contributed by atoms with E-state index in [2.05, 4.69) is 10.6 Å². The van der Waals surface area contributed by atoms with Crippen LogP contribution in [0.1, 0.15) is 65.3 Å². The molecule has 4 atom stereocenters. The van der Waals surface area contributed by atoms with E-state index in [9.17, 15) is 9.59 Å². The number of benzene rings is 2. The minimum absolute atomic E-state index is 0.0395. The van der Waals surface area contributed by atoms with Crippen LogP contribution in [0.2, 0.25) is 0 Å². The molecular weight excluding hydrogens is 430 g/mol. The van der Waals surface area contributed by atoms with Crippen molar-refractivity contribution in [3.8, 4) is 11.5 Å². The van der Waals surface area contributed by atoms with Crippen LogP contribution in [0, 0.1) is 5.92 Å². The first-order valence-electron chi connectivity index (χ1n) is 12.2. The summed E-state index contributed by atoms with van der Waals surface area (Å²) in [5.74, 6) is 1.26. The van der Waals surface area contributed by atoms with Gasteiger partial charge in [0, 0.05) is 23.7 Å². The Morgan fingerprint density at radius 1 is 1.21 bits per heavy atom. The molecule has 180 valence electrons. The number of fused-ring (bicyclic) bond motifs is 4. The number of amides is 2. The lowest BCUT2D eigenvalue weighted by atomic mass is 9.76. The van der Waals surface area contributed by atoms with Gasteiger partial charge < -0.3 is 25.0 Å². The molecule has 3 aliphatic rings. The van der Waals surface area contributed by atoms with Crippen LogP contribution in [0.3, 0.4) is 0 Å². The van der Waals surface area contributed by atoms with Gasteiger partial charge in [-0.15, -0.1) is 0 Å². The molecule has 0 aromatic heterocycles. The molecule has 0 bridgehead atoms. The summed E-state index contributed by atoms with van der Waals surface area (Å²) < 4.78 is 11.6. The van der Waals surface area contributed by atoms with E-state index in [1.165, 1.54) is 0 Å². The average molecular weight is 464 g/mol. The molecule has 2 saturated heterocycles. The molecule has 7 nitrogen and oxygen atoms in total. The van der Waals surface area contributed by atoms with Crippen molar-refractivity contribution in [1.82, 2.24) is 15.5 Å². The van der Waals surface area contributed by atoms with Crippen LogP contribution in [-0.2, 0) is 11.2 Å². The van der Waals surface area contributed by atoms with Gasteiger partial charge in [0.15, 0.2) is 0 Å². The summed E-state index contributed by atoms with van der Waals surface area (Å²) in [5, 5.41) is 6.67. The molecule has 3 heterocycles. The number of ether oxygens (including phenoxy) is 2. The molecule has 2 fully saturated rings. The Hall–Kier alpha value is -3.06. The molecule has 0 radical (unpaired) electrons. The average Bonchev–Trinajstić information content (AvgIpc) is 2.88. The predicted molar refractivity (Wildman–Crippen MR) is 129 cm³/mol. The third-order valence-electron chi connectivity index (χ3n) is 7.68. The van der Waals surface area contributed by atoms with Gasteiger partial charge in [-0.1, -0.05) is 30.3 Å². The number of carbonyl (C=O) groups excluding carboxylic acids is 2. The van der Waals surface area contributed by atoms with Crippen LogP contribution >= 0.6 is 0 Å². The van der Waals surface area contributed by atoms with Crippen molar-refractivity contribution in [2.45, 2.75) is 50.7 Å². The lowest BCUT2D eigenvalue weighted by molar-refractivity contribution is -0.145. The van der Waals surface area contributed by atoms with Crippen LogP contribution in [0.25, 0.3) is 0 Å². The molecule has 5 rings (SSSR count). The zero-order valence-corrected chi connectivity index (χ0v) is 20.1. The Morgan fingerprint density at radius 2 is 2.00 bits per heavy atom. The zero-order valence-electron chi connectivity index (χ0n) is 20.1. The third-order valence-corrected chi connectivity index (χ3v) is 7.68. The number of carbonyl (C=O) groups is 2. The molecule has 2 aromatic carbocycles. The Bertz CT molecular complexity index is 1090. The Kier molecular flexibility index (Phi) is 6.21. The highest BCUT2D eigenvalue weighted by Crippen LogP contribution is 2.48. The lowest BCUT2D eigenvalue weighted by Gasteiger charge is -2.48. The highest BCUT2D eigenvalue weighted by Gasteiger charge is 2.47. The second-order valence-corrected chi connectivity index (χ2v) is 9.50. The zero-order chi connectivity index (χ0) is 23.8. The van der Waals surface area contributed by atoms with Crippen molar-refractivity contribution in [2.75, 3.05) is 27.3 Å². The molecule has 7 heteroatoms. The van der Waals surface area contributed by atoms with Crippen molar-refractivity contribution in [3.05, 3.63) is 58.7 Å². The van der Waals surface area contributed by atoms with Gasteiger partial charge in [0.05, 0.1) is 37.8 Å². The fourth-order valence-corrected chi connectivity index (χ4v) is 5.98. The Morgan fingerprint density at radius 3 is 2.74 bits per heavy atom.